The number of esters is 2. The molecule has 1 aromatic heterocycles. The molecule has 13 heteroatoms. The summed E-state index contributed by atoms with van der Waals surface area (Å²) in [6.07, 6.45) is -3.45. The zero-order valence-electron chi connectivity index (χ0n) is 23.0. The number of hydrogen-bond donors (Lipinski definition) is 1. The van der Waals surface area contributed by atoms with Gasteiger partial charge >= 0.3 is 17.6 Å². The smallest absolute Gasteiger partial charge is 0.351 e. The number of rotatable bonds is 8. The first-order valence-electron chi connectivity index (χ1n) is 13.2. The Morgan fingerprint density at radius 1 is 0.932 bits per heavy atom. The molecule has 1 aliphatic rings. The second-order valence-corrected chi connectivity index (χ2v) is 10.8. The van der Waals surface area contributed by atoms with Gasteiger partial charge in [-0.1, -0.05) is 53.5 Å². The summed E-state index contributed by atoms with van der Waals surface area (Å²) < 4.78 is 34.2. The topological polar surface area (TPSA) is 126 Å². The Morgan fingerprint density at radius 3 is 2.16 bits per heavy atom. The molecule has 0 unspecified atom stereocenters. The number of amides is 1. The fourth-order valence-corrected chi connectivity index (χ4v) is 5.00. The molecule has 226 valence electrons. The minimum Gasteiger partial charge on any atom is -0.459 e. The molecule has 10 nitrogen and oxygen atoms in total. The van der Waals surface area contributed by atoms with Crippen LogP contribution in [0.25, 0.3) is 0 Å². The van der Waals surface area contributed by atoms with Crippen molar-refractivity contribution in [3.05, 3.63) is 128 Å². The van der Waals surface area contributed by atoms with Gasteiger partial charge in [-0.3, -0.25) is 9.36 Å². The normalized spacial score (nSPS) is 21.0. The predicted octanol–water partition coefficient (Wildman–Crippen LogP) is 5.51. The molecule has 2 heterocycles. The molecule has 4 atom stereocenters. The van der Waals surface area contributed by atoms with Crippen LogP contribution in [0, 0.1) is 0 Å². The van der Waals surface area contributed by atoms with Crippen LogP contribution < -0.4 is 11.0 Å². The van der Waals surface area contributed by atoms with Crippen LogP contribution in [0.1, 0.15) is 44.2 Å². The van der Waals surface area contributed by atoms with E-state index in [0.29, 0.717) is 10.6 Å². The van der Waals surface area contributed by atoms with Gasteiger partial charge in [0.1, 0.15) is 18.5 Å². The summed E-state index contributed by atoms with van der Waals surface area (Å²) >= 11 is 12.0. The van der Waals surface area contributed by atoms with Crippen molar-refractivity contribution in [3.63, 3.8) is 0 Å². The van der Waals surface area contributed by atoms with E-state index in [9.17, 15) is 19.2 Å². The van der Waals surface area contributed by atoms with E-state index in [-0.39, 0.29) is 22.0 Å². The molecular formula is C31H24Cl2FN3O7. The third-order valence-corrected chi connectivity index (χ3v) is 7.24. The van der Waals surface area contributed by atoms with Gasteiger partial charge in [-0.05, 0) is 61.5 Å². The molecular weight excluding hydrogens is 616 g/mol. The molecule has 0 aliphatic carbocycles. The highest BCUT2D eigenvalue weighted by molar-refractivity contribution is 6.31. The first kappa shape index (κ1) is 30.9. The van der Waals surface area contributed by atoms with Crippen LogP contribution in [0.4, 0.5) is 10.2 Å². The number of nitrogens with one attached hydrogen (secondary N) is 1. The predicted molar refractivity (Wildman–Crippen MR) is 159 cm³/mol. The van der Waals surface area contributed by atoms with Crippen LogP contribution in [0.15, 0.2) is 95.9 Å². The van der Waals surface area contributed by atoms with Crippen molar-refractivity contribution in [1.29, 1.82) is 0 Å². The molecule has 3 aromatic carbocycles. The van der Waals surface area contributed by atoms with Gasteiger partial charge in [0.05, 0.1) is 11.1 Å². The lowest BCUT2D eigenvalue weighted by atomic mass is 9.98. The van der Waals surface area contributed by atoms with Crippen molar-refractivity contribution < 1.29 is 33.0 Å². The summed E-state index contributed by atoms with van der Waals surface area (Å²) in [6.45, 7) is 0.548. The summed E-state index contributed by atoms with van der Waals surface area (Å²) in [5.41, 5.74) is -2.96. The molecule has 1 aliphatic heterocycles. The Morgan fingerprint density at radius 2 is 1.55 bits per heavy atom. The monoisotopic (exact) mass is 639 g/mol. The third-order valence-electron chi connectivity index (χ3n) is 6.77. The molecule has 0 saturated carbocycles. The van der Waals surface area contributed by atoms with Crippen molar-refractivity contribution >= 4 is 46.9 Å². The van der Waals surface area contributed by atoms with E-state index in [0.717, 1.165) is 11.5 Å². The number of carbonyl (C=O) groups excluding carboxylic acids is 3. The molecule has 4 aromatic rings. The van der Waals surface area contributed by atoms with Gasteiger partial charge < -0.3 is 19.5 Å². The van der Waals surface area contributed by atoms with E-state index in [4.69, 9.17) is 37.4 Å². The first-order valence-corrected chi connectivity index (χ1v) is 14.0. The van der Waals surface area contributed by atoms with Crippen molar-refractivity contribution in [1.82, 2.24) is 9.55 Å². The van der Waals surface area contributed by atoms with Crippen molar-refractivity contribution in [2.45, 2.75) is 31.0 Å². The quantitative estimate of drug-likeness (QED) is 0.250. The van der Waals surface area contributed by atoms with E-state index in [1.807, 2.05) is 0 Å². The Bertz CT molecular complexity index is 1770. The molecule has 1 amide bonds. The number of carbonyl (C=O) groups is 3. The maximum absolute atomic E-state index is 16.6. The largest absolute Gasteiger partial charge is 0.459 e. The molecule has 1 N–H and O–H groups in total. The van der Waals surface area contributed by atoms with Crippen LogP contribution in [0.2, 0.25) is 10.0 Å². The molecule has 1 saturated heterocycles. The second kappa shape index (κ2) is 13.0. The molecule has 44 heavy (non-hydrogen) atoms. The lowest BCUT2D eigenvalue weighted by Gasteiger charge is -2.27. The summed E-state index contributed by atoms with van der Waals surface area (Å²) in [4.78, 5) is 55.1. The Balaban J connectivity index is 1.40. The number of hydrogen-bond acceptors (Lipinski definition) is 8. The first-order chi connectivity index (χ1) is 21.0. The number of halogens is 3. The summed E-state index contributed by atoms with van der Waals surface area (Å²) in [7, 11) is 0. The third kappa shape index (κ3) is 6.80. The molecule has 0 radical (unpaired) electrons. The molecule has 1 fully saturated rings. The number of ether oxygens (including phenoxy) is 3. The van der Waals surface area contributed by atoms with Crippen LogP contribution in [0.3, 0.4) is 0 Å². The van der Waals surface area contributed by atoms with E-state index >= 15 is 4.39 Å². The number of aromatic nitrogens is 2. The van der Waals surface area contributed by atoms with E-state index < -0.39 is 54.2 Å². The maximum atomic E-state index is 16.6. The fraction of sp³-hybridized carbons (Fsp3) is 0.194. The zero-order valence-corrected chi connectivity index (χ0v) is 24.5. The van der Waals surface area contributed by atoms with Gasteiger partial charge in [-0.2, -0.15) is 4.98 Å². The van der Waals surface area contributed by atoms with E-state index in [1.54, 1.807) is 48.5 Å². The second-order valence-electron chi connectivity index (χ2n) is 9.95. The minimum absolute atomic E-state index is 0.0452. The highest BCUT2D eigenvalue weighted by Gasteiger charge is 2.58. The molecule has 5 rings (SSSR count). The van der Waals surface area contributed by atoms with Gasteiger partial charge in [0.25, 0.3) is 5.91 Å². The van der Waals surface area contributed by atoms with Crippen LogP contribution in [-0.2, 0) is 14.2 Å². The number of alkyl halides is 1. The summed E-state index contributed by atoms with van der Waals surface area (Å²) in [5.74, 6) is -2.27. The Hall–Kier alpha value is -4.58. The number of benzene rings is 3. The highest BCUT2D eigenvalue weighted by Crippen LogP contribution is 2.43. The summed E-state index contributed by atoms with van der Waals surface area (Å²) in [6, 6.07) is 21.4. The molecule has 0 bridgehead atoms. The molecule has 0 spiro atoms. The number of nitrogens with zero attached hydrogens (tertiary/aromatic N) is 2. The van der Waals surface area contributed by atoms with Gasteiger partial charge in [-0.25, -0.2) is 18.8 Å². The summed E-state index contributed by atoms with van der Waals surface area (Å²) in [5, 5.41) is 3.07. The average Bonchev–Trinajstić information content (AvgIpc) is 3.25. The van der Waals surface area contributed by atoms with Crippen LogP contribution in [0.5, 0.6) is 0 Å². The van der Waals surface area contributed by atoms with Crippen molar-refractivity contribution in [3.8, 4) is 0 Å². The van der Waals surface area contributed by atoms with Gasteiger partial charge in [-0.15, -0.1) is 0 Å². The van der Waals surface area contributed by atoms with Crippen molar-refractivity contribution in [2.24, 2.45) is 0 Å². The van der Waals surface area contributed by atoms with Crippen LogP contribution >= 0.6 is 23.2 Å². The fourth-order valence-electron chi connectivity index (χ4n) is 4.62. The van der Waals surface area contributed by atoms with E-state index in [2.05, 4.69) is 10.3 Å². The average molecular weight is 640 g/mol. The van der Waals surface area contributed by atoms with Crippen LogP contribution in [-0.4, -0.2) is 51.9 Å². The SMILES string of the molecule is C[C@@]1(F)[C@H](OC(=O)c2cccc(Cl)c2)[C@@H](COC(=O)c2cccc(Cl)c2)O[C@H]1n1ccc(NC(=O)c2ccccc2)nc1=O. The maximum Gasteiger partial charge on any atom is 0.351 e. The Kier molecular flexibility index (Phi) is 9.09. The zero-order chi connectivity index (χ0) is 31.4. The standard InChI is InChI=1S/C31H24Cl2FN3O7/c1-31(34)25(44-28(40)20-10-6-12-22(33)16-20)23(17-42-27(39)19-9-5-11-21(32)15-19)43-29(31)37-14-13-24(36-30(37)41)35-26(38)18-7-3-2-4-8-18/h2-16,23,25,29H,17H2,1H3,(H,35,36,38,41)/t23-,25-,29-,31-/m1/s1. The van der Waals surface area contributed by atoms with Gasteiger partial charge in [0.15, 0.2) is 18.0 Å². The van der Waals surface area contributed by atoms with Crippen molar-refractivity contribution in [2.75, 3.05) is 11.9 Å². The highest BCUT2D eigenvalue weighted by atomic mass is 35.5. The lowest BCUT2D eigenvalue weighted by Crippen LogP contribution is -2.45. The Labute approximate surface area is 260 Å². The number of anilines is 1. The van der Waals surface area contributed by atoms with Gasteiger partial charge in [0.2, 0.25) is 0 Å². The van der Waals surface area contributed by atoms with Gasteiger partial charge in [0, 0.05) is 21.8 Å². The minimum atomic E-state index is -2.53. The van der Waals surface area contributed by atoms with E-state index in [1.165, 1.54) is 42.6 Å². The lowest BCUT2D eigenvalue weighted by molar-refractivity contribution is -0.0648.